The van der Waals surface area contributed by atoms with Gasteiger partial charge in [-0.2, -0.15) is 5.10 Å². The number of hydrogen-bond acceptors (Lipinski definition) is 3. The minimum absolute atomic E-state index is 0.233. The Bertz CT molecular complexity index is 510. The molecule has 0 aliphatic rings. The number of nitrogens with two attached hydrogens (primary N) is 1. The Labute approximate surface area is 104 Å². The first-order valence-corrected chi connectivity index (χ1v) is 6.26. The molecule has 0 spiro atoms. The summed E-state index contributed by atoms with van der Waals surface area (Å²) in [7, 11) is 1.88. The molecule has 17 heavy (non-hydrogen) atoms. The number of rotatable bonds is 4. The first-order chi connectivity index (χ1) is 8.19. The highest BCUT2D eigenvalue weighted by Gasteiger charge is 2.03. The fourth-order valence-corrected chi connectivity index (χ4v) is 2.38. The molecule has 0 atom stereocenters. The number of aryl methyl sites for hydroxylation is 1. The lowest BCUT2D eigenvalue weighted by atomic mass is 10.1. The van der Waals surface area contributed by atoms with Gasteiger partial charge in [-0.05, 0) is 11.6 Å². The van der Waals surface area contributed by atoms with Gasteiger partial charge in [0, 0.05) is 36.0 Å². The van der Waals surface area contributed by atoms with Crippen LogP contribution in [0.15, 0.2) is 35.5 Å². The molecule has 2 N–H and O–H groups in total. The highest BCUT2D eigenvalue weighted by molar-refractivity contribution is 7.98. The molecule has 0 unspecified atom stereocenters. The molecule has 0 aliphatic heterocycles. The molecule has 3 nitrogen and oxygen atoms in total. The molecule has 0 amide bonds. The van der Waals surface area contributed by atoms with Crippen LogP contribution in [-0.4, -0.2) is 9.78 Å². The van der Waals surface area contributed by atoms with Gasteiger partial charge in [-0.1, -0.05) is 12.1 Å². The van der Waals surface area contributed by atoms with Gasteiger partial charge >= 0.3 is 0 Å². The smallest absolute Gasteiger partial charge is 0.127 e. The van der Waals surface area contributed by atoms with Gasteiger partial charge in [0.1, 0.15) is 5.82 Å². The van der Waals surface area contributed by atoms with Crippen LogP contribution in [0, 0.1) is 5.82 Å². The van der Waals surface area contributed by atoms with Crippen molar-refractivity contribution in [2.24, 2.45) is 12.8 Å². The Balaban J connectivity index is 2.04. The normalized spacial score (nSPS) is 10.8. The van der Waals surface area contributed by atoms with E-state index in [0.717, 1.165) is 16.2 Å². The van der Waals surface area contributed by atoms with Crippen LogP contribution in [0.25, 0.3) is 0 Å². The quantitative estimate of drug-likeness (QED) is 0.848. The van der Waals surface area contributed by atoms with Crippen molar-refractivity contribution < 1.29 is 4.39 Å². The topological polar surface area (TPSA) is 43.8 Å². The largest absolute Gasteiger partial charge is 0.326 e. The van der Waals surface area contributed by atoms with Gasteiger partial charge in [0.25, 0.3) is 0 Å². The lowest BCUT2D eigenvalue weighted by molar-refractivity contribution is 0.610. The van der Waals surface area contributed by atoms with Crippen LogP contribution in [0.1, 0.15) is 11.1 Å². The van der Waals surface area contributed by atoms with Crippen molar-refractivity contribution in [3.63, 3.8) is 0 Å². The van der Waals surface area contributed by atoms with Crippen molar-refractivity contribution in [3.8, 4) is 0 Å². The number of aromatic nitrogens is 2. The lowest BCUT2D eigenvalue weighted by Gasteiger charge is -2.04. The van der Waals surface area contributed by atoms with Crippen molar-refractivity contribution in [1.29, 1.82) is 0 Å². The van der Waals surface area contributed by atoms with E-state index in [2.05, 4.69) is 5.10 Å². The number of hydrogen-bond donors (Lipinski definition) is 1. The van der Waals surface area contributed by atoms with E-state index in [4.69, 9.17) is 5.73 Å². The minimum Gasteiger partial charge on any atom is -0.326 e. The fraction of sp³-hybridized carbons (Fsp3) is 0.250. The summed E-state index contributed by atoms with van der Waals surface area (Å²) in [4.78, 5) is 1.10. The molecule has 0 bridgehead atoms. The van der Waals surface area contributed by atoms with Crippen molar-refractivity contribution in [1.82, 2.24) is 9.78 Å². The molecule has 0 saturated carbocycles. The summed E-state index contributed by atoms with van der Waals surface area (Å²) in [5.41, 5.74) is 7.10. The van der Waals surface area contributed by atoms with Crippen LogP contribution in [0.2, 0.25) is 0 Å². The monoisotopic (exact) mass is 251 g/mol. The zero-order chi connectivity index (χ0) is 12.3. The van der Waals surface area contributed by atoms with Crippen LogP contribution in [0.4, 0.5) is 4.39 Å². The summed E-state index contributed by atoms with van der Waals surface area (Å²) in [6, 6.07) is 5.08. The van der Waals surface area contributed by atoms with Crippen molar-refractivity contribution in [2.45, 2.75) is 17.2 Å². The summed E-state index contributed by atoms with van der Waals surface area (Å²) in [6.45, 7) is 0.233. The average molecular weight is 251 g/mol. The Morgan fingerprint density at radius 3 is 2.94 bits per heavy atom. The van der Waals surface area contributed by atoms with Crippen LogP contribution in [0.5, 0.6) is 0 Å². The van der Waals surface area contributed by atoms with Gasteiger partial charge in [0.15, 0.2) is 0 Å². The lowest BCUT2D eigenvalue weighted by Crippen LogP contribution is -2.00. The third-order valence-electron chi connectivity index (χ3n) is 2.42. The molecule has 0 radical (unpaired) electrons. The SMILES string of the molecule is Cn1cc(SCc2ccc(F)c(CN)c2)cn1. The van der Waals surface area contributed by atoms with Crippen LogP contribution in [-0.2, 0) is 19.3 Å². The zero-order valence-corrected chi connectivity index (χ0v) is 10.4. The molecule has 0 aliphatic carbocycles. The third kappa shape index (κ3) is 3.08. The molecule has 1 heterocycles. The Kier molecular flexibility index (Phi) is 3.81. The van der Waals surface area contributed by atoms with Crippen LogP contribution in [0.3, 0.4) is 0 Å². The number of nitrogens with zero attached hydrogens (tertiary/aromatic N) is 2. The van der Waals surface area contributed by atoms with Gasteiger partial charge in [0.2, 0.25) is 0 Å². The highest BCUT2D eigenvalue weighted by atomic mass is 32.2. The highest BCUT2D eigenvalue weighted by Crippen LogP contribution is 2.22. The molecule has 2 aromatic rings. The maximum absolute atomic E-state index is 13.2. The average Bonchev–Trinajstić information content (AvgIpc) is 2.74. The number of halogens is 1. The number of thioether (sulfide) groups is 1. The van der Waals surface area contributed by atoms with E-state index < -0.39 is 0 Å². The maximum atomic E-state index is 13.2. The van der Waals surface area contributed by atoms with Gasteiger partial charge in [0.05, 0.1) is 6.20 Å². The standard InChI is InChI=1S/C12H14FN3S/c1-16-7-11(6-15-16)17-8-9-2-3-12(13)10(4-9)5-14/h2-4,6-7H,5,8,14H2,1H3. The Morgan fingerprint density at radius 1 is 1.47 bits per heavy atom. The second-order valence-corrected chi connectivity index (χ2v) is 4.82. The first-order valence-electron chi connectivity index (χ1n) is 5.28. The van der Waals surface area contributed by atoms with E-state index in [1.807, 2.05) is 25.5 Å². The van der Waals surface area contributed by atoms with E-state index in [0.29, 0.717) is 5.56 Å². The van der Waals surface area contributed by atoms with Gasteiger partial charge in [-0.25, -0.2) is 4.39 Å². The molecule has 1 aromatic carbocycles. The fourth-order valence-electron chi connectivity index (χ4n) is 1.51. The number of benzene rings is 1. The second kappa shape index (κ2) is 5.33. The third-order valence-corrected chi connectivity index (χ3v) is 3.44. The minimum atomic E-state index is -0.234. The van der Waals surface area contributed by atoms with E-state index >= 15 is 0 Å². The molecule has 5 heteroatoms. The summed E-state index contributed by atoms with van der Waals surface area (Å²) in [5, 5.41) is 4.09. The molecule has 90 valence electrons. The van der Waals surface area contributed by atoms with E-state index in [9.17, 15) is 4.39 Å². The second-order valence-electron chi connectivity index (χ2n) is 3.77. The molecular formula is C12H14FN3S. The van der Waals surface area contributed by atoms with Crippen LogP contribution >= 0.6 is 11.8 Å². The summed E-state index contributed by atoms with van der Waals surface area (Å²) in [5.74, 6) is 0.557. The Morgan fingerprint density at radius 2 is 2.29 bits per heavy atom. The van der Waals surface area contributed by atoms with Crippen molar-refractivity contribution in [3.05, 3.63) is 47.5 Å². The predicted molar refractivity (Wildman–Crippen MR) is 67.1 cm³/mol. The van der Waals surface area contributed by atoms with Crippen molar-refractivity contribution in [2.75, 3.05) is 0 Å². The van der Waals surface area contributed by atoms with Crippen molar-refractivity contribution >= 4 is 11.8 Å². The summed E-state index contributed by atoms with van der Waals surface area (Å²) in [6.07, 6.45) is 3.77. The van der Waals surface area contributed by atoms with Gasteiger partial charge < -0.3 is 5.73 Å². The Hall–Kier alpha value is -1.33. The van der Waals surface area contributed by atoms with E-state index in [-0.39, 0.29) is 12.4 Å². The van der Waals surface area contributed by atoms with Gasteiger partial charge in [-0.15, -0.1) is 11.8 Å². The molecule has 2 rings (SSSR count). The zero-order valence-electron chi connectivity index (χ0n) is 9.56. The summed E-state index contributed by atoms with van der Waals surface area (Å²) < 4.78 is 15.0. The molecular weight excluding hydrogens is 237 g/mol. The molecule has 0 saturated heterocycles. The molecule has 0 fully saturated rings. The predicted octanol–water partition coefficient (Wildman–Crippen LogP) is 2.31. The van der Waals surface area contributed by atoms with E-state index in [1.165, 1.54) is 6.07 Å². The summed E-state index contributed by atoms with van der Waals surface area (Å²) >= 11 is 1.67. The molecule has 1 aromatic heterocycles. The van der Waals surface area contributed by atoms with E-state index in [1.54, 1.807) is 22.5 Å². The maximum Gasteiger partial charge on any atom is 0.127 e. The first kappa shape index (κ1) is 12.1. The van der Waals surface area contributed by atoms with Gasteiger partial charge in [-0.3, -0.25) is 4.68 Å². The van der Waals surface area contributed by atoms with Crippen LogP contribution < -0.4 is 5.73 Å².